The number of carbonyl (C=O) groups is 4. The van der Waals surface area contributed by atoms with Gasteiger partial charge in [-0.25, -0.2) is 4.79 Å². The Hall–Kier alpha value is -3.98. The molecule has 0 spiro atoms. The number of amides is 3. The molecule has 206 valence electrons. The van der Waals surface area contributed by atoms with Crippen molar-refractivity contribution in [2.24, 2.45) is 0 Å². The minimum atomic E-state index is -0.896. The Balaban J connectivity index is 1.36. The molecule has 2 aliphatic rings. The lowest BCUT2D eigenvalue weighted by Crippen LogP contribution is -2.47. The minimum absolute atomic E-state index is 0.220. The lowest BCUT2D eigenvalue weighted by Gasteiger charge is -2.28. The average molecular weight is 605 g/mol. The number of nitrogens with one attached hydrogen (secondary N) is 1. The fraction of sp³-hybridized carbons (Fsp3) is 0.290. The van der Waals surface area contributed by atoms with Gasteiger partial charge in [0.05, 0.1) is 5.56 Å². The van der Waals surface area contributed by atoms with Crippen molar-refractivity contribution in [1.82, 2.24) is 10.2 Å². The zero-order chi connectivity index (χ0) is 28.6. The third-order valence-corrected chi connectivity index (χ3v) is 7.33. The second-order valence-corrected chi connectivity index (χ2v) is 11.9. The molecule has 1 fully saturated rings. The summed E-state index contributed by atoms with van der Waals surface area (Å²) in [6.07, 6.45) is 0.383. The number of hydrogen-bond donors (Lipinski definition) is 1. The molecule has 40 heavy (non-hydrogen) atoms. The smallest absolute Gasteiger partial charge is 0.338 e. The van der Waals surface area contributed by atoms with E-state index in [-0.39, 0.29) is 11.8 Å². The molecule has 5 rings (SSSR count). The van der Waals surface area contributed by atoms with Gasteiger partial charge in [0.25, 0.3) is 5.91 Å². The fourth-order valence-corrected chi connectivity index (χ4v) is 5.58. The lowest BCUT2D eigenvalue weighted by molar-refractivity contribution is -0.129. The summed E-state index contributed by atoms with van der Waals surface area (Å²) in [6, 6.07) is 19.8. The molecule has 1 N–H and O–H groups in total. The minimum Gasteiger partial charge on any atom is -0.456 e. The first kappa shape index (κ1) is 27.6. The van der Waals surface area contributed by atoms with Gasteiger partial charge in [0.1, 0.15) is 17.7 Å². The zero-order valence-corrected chi connectivity index (χ0v) is 24.1. The van der Waals surface area contributed by atoms with Crippen LogP contribution < -0.4 is 10.2 Å². The normalized spacial score (nSPS) is 17.6. The number of esters is 1. The van der Waals surface area contributed by atoms with Crippen LogP contribution in [-0.4, -0.2) is 46.8 Å². The molecule has 0 radical (unpaired) electrons. The van der Waals surface area contributed by atoms with E-state index in [1.165, 1.54) is 0 Å². The molecule has 2 atom stereocenters. The Labute approximate surface area is 241 Å². The van der Waals surface area contributed by atoms with Crippen molar-refractivity contribution in [3.63, 3.8) is 0 Å². The monoisotopic (exact) mass is 603 g/mol. The van der Waals surface area contributed by atoms with Crippen LogP contribution in [0.1, 0.15) is 65.1 Å². The summed E-state index contributed by atoms with van der Waals surface area (Å²) < 4.78 is 6.12. The molecule has 1 saturated heterocycles. The molecule has 2 heterocycles. The van der Waals surface area contributed by atoms with Crippen molar-refractivity contribution in [2.45, 2.75) is 51.4 Å². The molecular formula is C31H30BrN3O5. The maximum atomic E-state index is 13.8. The van der Waals surface area contributed by atoms with Gasteiger partial charge in [-0.1, -0.05) is 64.5 Å². The highest BCUT2D eigenvalue weighted by Crippen LogP contribution is 2.33. The predicted molar refractivity (Wildman–Crippen MR) is 154 cm³/mol. The molecule has 0 saturated carbocycles. The third-order valence-electron chi connectivity index (χ3n) is 6.88. The van der Waals surface area contributed by atoms with Crippen molar-refractivity contribution in [2.75, 3.05) is 11.4 Å². The SMILES string of the molecule is CC(C)(C)OC(=O)c1cc(Br)cc(N2CCC(NC(=O)[C@@H](c3ccccc3)N3Cc4ccccc4C3=O)C2=O)c1. The topological polar surface area (TPSA) is 96.0 Å². The van der Waals surface area contributed by atoms with Crippen LogP contribution in [0.25, 0.3) is 0 Å². The molecule has 8 nitrogen and oxygen atoms in total. The van der Waals surface area contributed by atoms with Crippen LogP contribution in [0.3, 0.4) is 0 Å². The van der Waals surface area contributed by atoms with Crippen molar-refractivity contribution in [3.05, 3.63) is 99.5 Å². The molecule has 3 aromatic rings. The van der Waals surface area contributed by atoms with Crippen LogP contribution in [0.5, 0.6) is 0 Å². The number of fused-ring (bicyclic) bond motifs is 1. The number of rotatable bonds is 6. The van der Waals surface area contributed by atoms with E-state index in [4.69, 9.17) is 4.74 Å². The van der Waals surface area contributed by atoms with Crippen LogP contribution in [-0.2, 0) is 20.9 Å². The van der Waals surface area contributed by atoms with Gasteiger partial charge < -0.3 is 19.9 Å². The zero-order valence-electron chi connectivity index (χ0n) is 22.5. The van der Waals surface area contributed by atoms with Gasteiger partial charge in [-0.2, -0.15) is 0 Å². The van der Waals surface area contributed by atoms with Gasteiger partial charge in [0.2, 0.25) is 11.8 Å². The number of halogens is 1. The predicted octanol–water partition coefficient (Wildman–Crippen LogP) is 5.02. The first-order valence-corrected chi connectivity index (χ1v) is 13.9. The highest BCUT2D eigenvalue weighted by Gasteiger charge is 2.40. The average Bonchev–Trinajstić information content (AvgIpc) is 3.43. The standard InChI is InChI=1S/C31H30BrN3O5/c1-31(2,3)40-30(39)21-15-22(32)17-23(16-21)34-14-13-25(29(34)38)33-27(36)26(19-9-5-4-6-10-19)35-18-20-11-7-8-12-24(20)28(35)37/h4-12,15-17,25-26H,13-14,18H2,1-3H3,(H,33,36)/t25?,26-/m1/s1. The second kappa shape index (κ2) is 10.9. The van der Waals surface area contributed by atoms with E-state index in [2.05, 4.69) is 21.2 Å². The number of anilines is 1. The van der Waals surface area contributed by atoms with E-state index in [0.717, 1.165) is 5.56 Å². The van der Waals surface area contributed by atoms with Crippen LogP contribution in [0.4, 0.5) is 5.69 Å². The maximum absolute atomic E-state index is 13.8. The molecule has 1 unspecified atom stereocenters. The van der Waals surface area contributed by atoms with Crippen LogP contribution >= 0.6 is 15.9 Å². The summed E-state index contributed by atoms with van der Waals surface area (Å²) in [5.74, 6) is -1.42. The van der Waals surface area contributed by atoms with Gasteiger partial charge in [0.15, 0.2) is 0 Å². The first-order valence-electron chi connectivity index (χ1n) is 13.1. The number of ether oxygens (including phenoxy) is 1. The quantitative estimate of drug-likeness (QED) is 0.399. The van der Waals surface area contributed by atoms with Gasteiger partial charge in [-0.3, -0.25) is 14.4 Å². The molecule has 3 amide bonds. The van der Waals surface area contributed by atoms with E-state index >= 15 is 0 Å². The van der Waals surface area contributed by atoms with Crippen molar-refractivity contribution >= 4 is 45.3 Å². The fourth-order valence-electron chi connectivity index (χ4n) is 5.10. The highest BCUT2D eigenvalue weighted by atomic mass is 79.9. The Kier molecular flexibility index (Phi) is 7.51. The van der Waals surface area contributed by atoms with Gasteiger partial charge in [-0.05, 0) is 62.6 Å². The Morgan fingerprint density at radius 3 is 2.40 bits per heavy atom. The van der Waals surface area contributed by atoms with Gasteiger partial charge in [-0.15, -0.1) is 0 Å². The summed E-state index contributed by atoms with van der Waals surface area (Å²) in [4.78, 5) is 56.3. The van der Waals surface area contributed by atoms with Crippen LogP contribution in [0.15, 0.2) is 77.3 Å². The number of hydrogen-bond acceptors (Lipinski definition) is 5. The summed E-state index contributed by atoms with van der Waals surface area (Å²) in [6.45, 7) is 6.03. The Morgan fingerprint density at radius 1 is 1.00 bits per heavy atom. The Bertz CT molecular complexity index is 1480. The summed E-state index contributed by atoms with van der Waals surface area (Å²) in [5, 5.41) is 2.91. The summed E-state index contributed by atoms with van der Waals surface area (Å²) in [5.41, 5.74) is 2.29. The number of benzene rings is 3. The van der Waals surface area contributed by atoms with Crippen molar-refractivity contribution in [3.8, 4) is 0 Å². The van der Waals surface area contributed by atoms with E-state index in [1.54, 1.807) is 60.9 Å². The van der Waals surface area contributed by atoms with Crippen molar-refractivity contribution in [1.29, 1.82) is 0 Å². The van der Waals surface area contributed by atoms with E-state index in [0.29, 0.717) is 46.4 Å². The summed E-state index contributed by atoms with van der Waals surface area (Å²) in [7, 11) is 0. The van der Waals surface area contributed by atoms with Gasteiger partial charge >= 0.3 is 5.97 Å². The third kappa shape index (κ3) is 5.65. The molecule has 9 heteroatoms. The summed E-state index contributed by atoms with van der Waals surface area (Å²) >= 11 is 3.43. The molecule has 0 bridgehead atoms. The largest absolute Gasteiger partial charge is 0.456 e. The van der Waals surface area contributed by atoms with Gasteiger partial charge in [0, 0.05) is 28.8 Å². The maximum Gasteiger partial charge on any atom is 0.338 e. The van der Waals surface area contributed by atoms with E-state index in [9.17, 15) is 19.2 Å². The second-order valence-electron chi connectivity index (χ2n) is 10.9. The van der Waals surface area contributed by atoms with Crippen LogP contribution in [0.2, 0.25) is 0 Å². The molecule has 3 aromatic carbocycles. The molecule has 2 aliphatic heterocycles. The number of carbonyl (C=O) groups excluding carboxylic acids is 4. The number of nitrogens with zero attached hydrogens (tertiary/aromatic N) is 2. The van der Waals surface area contributed by atoms with Crippen molar-refractivity contribution < 1.29 is 23.9 Å². The van der Waals surface area contributed by atoms with Crippen LogP contribution in [0, 0.1) is 0 Å². The molecule has 0 aliphatic carbocycles. The highest BCUT2D eigenvalue weighted by molar-refractivity contribution is 9.10. The van der Waals surface area contributed by atoms with E-state index < -0.39 is 29.6 Å². The first-order chi connectivity index (χ1) is 19.0. The van der Waals surface area contributed by atoms with E-state index in [1.807, 2.05) is 42.5 Å². The molecular weight excluding hydrogens is 574 g/mol. The molecule has 0 aromatic heterocycles. The lowest BCUT2D eigenvalue weighted by atomic mass is 10.0. The Morgan fingerprint density at radius 2 is 1.70 bits per heavy atom.